The summed E-state index contributed by atoms with van der Waals surface area (Å²) >= 11 is 0. The molecule has 0 bridgehead atoms. The van der Waals surface area contributed by atoms with Crippen LogP contribution in [0, 0.1) is 23.0 Å². The molecule has 1 heterocycles. The lowest BCUT2D eigenvalue weighted by molar-refractivity contribution is 0.603. The second-order valence-corrected chi connectivity index (χ2v) is 6.49. The highest BCUT2D eigenvalue weighted by Gasteiger charge is 2.17. The van der Waals surface area contributed by atoms with E-state index in [2.05, 4.69) is 4.98 Å². The van der Waals surface area contributed by atoms with Gasteiger partial charge < -0.3 is 5.73 Å². The average Bonchev–Trinajstić information content (AvgIpc) is 2.75. The lowest BCUT2D eigenvalue weighted by Crippen LogP contribution is -2.01. The number of rotatable bonds is 3. The van der Waals surface area contributed by atoms with Crippen molar-refractivity contribution in [2.75, 3.05) is 5.73 Å². The molecule has 0 amide bonds. The first-order valence-electron chi connectivity index (χ1n) is 8.88. The van der Waals surface area contributed by atoms with Crippen molar-refractivity contribution in [3.05, 3.63) is 96.1 Å². The average molecular weight is 383 g/mol. The van der Waals surface area contributed by atoms with Gasteiger partial charge in [-0.2, -0.15) is 5.26 Å². The Balaban J connectivity index is 1.82. The Hall–Kier alpha value is -4.04. The Labute approximate surface area is 166 Å². The fourth-order valence-electron chi connectivity index (χ4n) is 3.21. The van der Waals surface area contributed by atoms with Crippen LogP contribution in [0.25, 0.3) is 33.5 Å². The number of benzene rings is 3. The van der Waals surface area contributed by atoms with Gasteiger partial charge in [-0.3, -0.25) is 0 Å². The second-order valence-electron chi connectivity index (χ2n) is 6.49. The van der Waals surface area contributed by atoms with Crippen LogP contribution in [0.3, 0.4) is 0 Å². The quantitative estimate of drug-likeness (QED) is 0.485. The molecular weight excluding hydrogens is 368 g/mol. The van der Waals surface area contributed by atoms with Gasteiger partial charge >= 0.3 is 0 Å². The van der Waals surface area contributed by atoms with Gasteiger partial charge in [0.2, 0.25) is 0 Å². The predicted octanol–water partition coefficient (Wildman–Crippen LogP) is 5.81. The van der Waals surface area contributed by atoms with Crippen molar-refractivity contribution in [2.45, 2.75) is 0 Å². The normalized spacial score (nSPS) is 10.5. The highest BCUT2D eigenvalue weighted by Crippen LogP contribution is 2.33. The summed E-state index contributed by atoms with van der Waals surface area (Å²) in [5.74, 6) is -1.27. The number of hydrogen-bond donors (Lipinski definition) is 1. The lowest BCUT2D eigenvalue weighted by atomic mass is 9.97. The number of anilines is 1. The van der Waals surface area contributed by atoms with Crippen LogP contribution in [0.1, 0.15) is 5.56 Å². The number of nitrogens with two attached hydrogens (primary N) is 1. The van der Waals surface area contributed by atoms with E-state index in [4.69, 9.17) is 5.73 Å². The summed E-state index contributed by atoms with van der Waals surface area (Å²) < 4.78 is 28.0. The van der Waals surface area contributed by atoms with E-state index in [1.54, 1.807) is 6.07 Å². The summed E-state index contributed by atoms with van der Waals surface area (Å²) in [5, 5.41) is 9.46. The van der Waals surface area contributed by atoms with E-state index in [0.717, 1.165) is 34.9 Å². The van der Waals surface area contributed by atoms with E-state index in [-0.39, 0.29) is 22.5 Å². The van der Waals surface area contributed by atoms with Crippen molar-refractivity contribution in [2.24, 2.45) is 0 Å². The van der Waals surface area contributed by atoms with E-state index >= 15 is 0 Å². The summed E-state index contributed by atoms with van der Waals surface area (Å²) in [4.78, 5) is 4.29. The minimum Gasteiger partial charge on any atom is -0.383 e. The molecule has 0 radical (unpaired) electrons. The van der Waals surface area contributed by atoms with Crippen LogP contribution in [0.2, 0.25) is 0 Å². The van der Waals surface area contributed by atoms with Gasteiger partial charge in [-0.15, -0.1) is 0 Å². The van der Waals surface area contributed by atoms with Crippen LogP contribution < -0.4 is 5.73 Å². The van der Waals surface area contributed by atoms with Gasteiger partial charge in [0.15, 0.2) is 0 Å². The molecule has 0 unspecified atom stereocenters. The van der Waals surface area contributed by atoms with Crippen LogP contribution in [0.4, 0.5) is 14.6 Å². The third kappa shape index (κ3) is 3.56. The second kappa shape index (κ2) is 7.53. The van der Waals surface area contributed by atoms with E-state index < -0.39 is 11.6 Å². The van der Waals surface area contributed by atoms with Crippen molar-refractivity contribution in [1.82, 2.24) is 4.98 Å². The minimum absolute atomic E-state index is 0.0131. The SMILES string of the molecule is N#Cc1c(-c2cc(F)ccc2F)cc(-c2ccc(-c3ccccc3)cc2)nc1N. The minimum atomic E-state index is -0.640. The highest BCUT2D eigenvalue weighted by molar-refractivity contribution is 5.81. The Morgan fingerprint density at radius 1 is 0.759 bits per heavy atom. The van der Waals surface area contributed by atoms with E-state index in [1.165, 1.54) is 0 Å². The molecule has 0 aliphatic heterocycles. The maximum absolute atomic E-state index is 14.3. The summed E-state index contributed by atoms with van der Waals surface area (Å²) in [7, 11) is 0. The molecule has 140 valence electrons. The van der Waals surface area contributed by atoms with Crippen LogP contribution in [0.5, 0.6) is 0 Å². The Morgan fingerprint density at radius 2 is 1.41 bits per heavy atom. The van der Waals surface area contributed by atoms with Gasteiger partial charge in [0.1, 0.15) is 29.1 Å². The van der Waals surface area contributed by atoms with Crippen LogP contribution in [0.15, 0.2) is 78.9 Å². The zero-order valence-corrected chi connectivity index (χ0v) is 15.2. The molecule has 3 aromatic carbocycles. The van der Waals surface area contributed by atoms with Crippen molar-refractivity contribution < 1.29 is 8.78 Å². The zero-order chi connectivity index (χ0) is 20.4. The fraction of sp³-hybridized carbons (Fsp3) is 0. The number of aromatic nitrogens is 1. The molecule has 0 saturated carbocycles. The molecule has 4 aromatic rings. The van der Waals surface area contributed by atoms with Crippen LogP contribution in [-0.2, 0) is 0 Å². The Bertz CT molecular complexity index is 1230. The van der Waals surface area contributed by atoms with Crippen LogP contribution >= 0.6 is 0 Å². The highest BCUT2D eigenvalue weighted by atomic mass is 19.1. The molecule has 5 heteroatoms. The number of nitrogen functional groups attached to an aromatic ring is 1. The zero-order valence-electron chi connectivity index (χ0n) is 15.2. The topological polar surface area (TPSA) is 62.7 Å². The van der Waals surface area contributed by atoms with Crippen molar-refractivity contribution >= 4 is 5.82 Å². The van der Waals surface area contributed by atoms with Crippen molar-refractivity contribution in [3.63, 3.8) is 0 Å². The molecule has 0 saturated heterocycles. The summed E-state index contributed by atoms with van der Waals surface area (Å²) in [6.45, 7) is 0. The largest absolute Gasteiger partial charge is 0.383 e. The molecule has 1 aromatic heterocycles. The van der Waals surface area contributed by atoms with Crippen LogP contribution in [-0.4, -0.2) is 4.98 Å². The number of nitrogens with zero attached hydrogens (tertiary/aromatic N) is 2. The third-order valence-electron chi connectivity index (χ3n) is 4.67. The molecule has 0 aliphatic rings. The molecule has 0 fully saturated rings. The molecule has 3 nitrogen and oxygen atoms in total. The number of nitriles is 1. The van der Waals surface area contributed by atoms with Gasteiger partial charge in [-0.1, -0.05) is 54.6 Å². The monoisotopic (exact) mass is 383 g/mol. The van der Waals surface area contributed by atoms with Crippen molar-refractivity contribution in [3.8, 4) is 39.6 Å². The molecule has 2 N–H and O–H groups in total. The summed E-state index contributed by atoms with van der Waals surface area (Å²) in [5.41, 5.74) is 9.49. The fourth-order valence-corrected chi connectivity index (χ4v) is 3.21. The van der Waals surface area contributed by atoms with Gasteiger partial charge in [0, 0.05) is 16.7 Å². The first kappa shape index (κ1) is 18.3. The Morgan fingerprint density at radius 3 is 2.10 bits per heavy atom. The third-order valence-corrected chi connectivity index (χ3v) is 4.67. The maximum atomic E-state index is 14.3. The van der Waals surface area contributed by atoms with E-state index in [9.17, 15) is 14.0 Å². The molecular formula is C24H15F2N3. The predicted molar refractivity (Wildman–Crippen MR) is 110 cm³/mol. The molecule has 29 heavy (non-hydrogen) atoms. The first-order valence-corrected chi connectivity index (χ1v) is 8.88. The first-order chi connectivity index (χ1) is 14.1. The molecule has 0 spiro atoms. The van der Waals surface area contributed by atoms with E-state index in [1.807, 2.05) is 60.7 Å². The summed E-state index contributed by atoms with van der Waals surface area (Å²) in [6.07, 6.45) is 0. The standard InChI is InChI=1S/C24H15F2N3/c25-18-10-11-22(26)20(12-18)19-13-23(29-24(28)21(19)14-27)17-8-6-16(7-9-17)15-4-2-1-3-5-15/h1-13H,(H2,28,29). The molecule has 4 rings (SSSR count). The Kier molecular flexibility index (Phi) is 4.76. The van der Waals surface area contributed by atoms with Gasteiger partial charge in [-0.05, 0) is 35.4 Å². The summed E-state index contributed by atoms with van der Waals surface area (Å²) in [6, 6.07) is 24.2. The smallest absolute Gasteiger partial charge is 0.142 e. The molecule has 0 aliphatic carbocycles. The number of hydrogen-bond acceptors (Lipinski definition) is 3. The van der Waals surface area contributed by atoms with E-state index in [0.29, 0.717) is 5.69 Å². The number of pyridine rings is 1. The number of halogens is 2. The van der Waals surface area contributed by atoms with Gasteiger partial charge in [0.25, 0.3) is 0 Å². The van der Waals surface area contributed by atoms with Gasteiger partial charge in [0.05, 0.1) is 5.69 Å². The van der Waals surface area contributed by atoms with Gasteiger partial charge in [-0.25, -0.2) is 13.8 Å². The molecule has 0 atom stereocenters. The van der Waals surface area contributed by atoms with Crippen molar-refractivity contribution in [1.29, 1.82) is 5.26 Å². The maximum Gasteiger partial charge on any atom is 0.142 e. The lowest BCUT2D eigenvalue weighted by Gasteiger charge is -2.11.